The van der Waals surface area contributed by atoms with E-state index >= 15 is 0 Å². The van der Waals surface area contributed by atoms with Gasteiger partial charge < -0.3 is 15.9 Å². The van der Waals surface area contributed by atoms with Crippen molar-refractivity contribution >= 4 is 5.69 Å². The first-order valence-corrected chi connectivity index (χ1v) is 7.00. The van der Waals surface area contributed by atoms with E-state index in [2.05, 4.69) is 18.7 Å². The van der Waals surface area contributed by atoms with Gasteiger partial charge in [-0.05, 0) is 30.5 Å². The Morgan fingerprint density at radius 3 is 2.47 bits per heavy atom. The van der Waals surface area contributed by atoms with E-state index < -0.39 is 6.10 Å². The molecule has 0 bridgehead atoms. The van der Waals surface area contributed by atoms with Crippen molar-refractivity contribution in [1.82, 2.24) is 4.90 Å². The highest BCUT2D eigenvalue weighted by Crippen LogP contribution is 2.19. The van der Waals surface area contributed by atoms with Crippen molar-refractivity contribution in [1.29, 1.82) is 0 Å². The summed E-state index contributed by atoms with van der Waals surface area (Å²) in [6.45, 7) is 5.49. The monoisotopic (exact) mass is 266 g/mol. The van der Waals surface area contributed by atoms with Crippen molar-refractivity contribution in [2.75, 3.05) is 25.4 Å². The average molecular weight is 266 g/mol. The molecule has 0 aliphatic heterocycles. The first kappa shape index (κ1) is 16.0. The number of rotatable bonds is 8. The highest BCUT2D eigenvalue weighted by molar-refractivity contribution is 5.41. The van der Waals surface area contributed by atoms with E-state index in [1.807, 2.05) is 18.2 Å². The second kappa shape index (κ2) is 8.15. The number of aliphatic hydroxyl groups is 2. The van der Waals surface area contributed by atoms with Gasteiger partial charge >= 0.3 is 0 Å². The maximum absolute atomic E-state index is 10.3. The van der Waals surface area contributed by atoms with Crippen LogP contribution in [0.3, 0.4) is 0 Å². The fourth-order valence-corrected chi connectivity index (χ4v) is 2.45. The average Bonchev–Trinajstić information content (AvgIpc) is 2.40. The molecule has 1 aromatic rings. The van der Waals surface area contributed by atoms with Crippen LogP contribution in [0.2, 0.25) is 0 Å². The van der Waals surface area contributed by atoms with Crippen LogP contribution < -0.4 is 5.73 Å². The third kappa shape index (κ3) is 4.82. The normalized spacial score (nSPS) is 13.2. The topological polar surface area (TPSA) is 69.7 Å². The first-order valence-electron chi connectivity index (χ1n) is 7.00. The van der Waals surface area contributed by atoms with Crippen molar-refractivity contribution in [3.8, 4) is 0 Å². The summed E-state index contributed by atoms with van der Waals surface area (Å²) in [7, 11) is 0. The van der Waals surface area contributed by atoms with Gasteiger partial charge in [0.1, 0.15) is 0 Å². The highest BCUT2D eigenvalue weighted by atomic mass is 16.3. The molecule has 0 aromatic heterocycles. The Kier molecular flexibility index (Phi) is 6.84. The van der Waals surface area contributed by atoms with Crippen LogP contribution in [0.15, 0.2) is 24.3 Å². The van der Waals surface area contributed by atoms with Crippen molar-refractivity contribution in [2.45, 2.75) is 38.8 Å². The Labute approximate surface area is 115 Å². The number of nitrogens with two attached hydrogens (primary N) is 1. The predicted molar refractivity (Wildman–Crippen MR) is 78.8 cm³/mol. The first-order chi connectivity index (χ1) is 9.12. The fraction of sp³-hybridized carbons (Fsp3) is 0.600. The molecule has 19 heavy (non-hydrogen) atoms. The summed E-state index contributed by atoms with van der Waals surface area (Å²) in [5, 5.41) is 19.5. The van der Waals surface area contributed by atoms with Gasteiger partial charge in [-0.3, -0.25) is 4.90 Å². The Morgan fingerprint density at radius 1 is 1.26 bits per heavy atom. The minimum absolute atomic E-state index is 0.111. The number of nitrogens with zero attached hydrogens (tertiary/aromatic N) is 1. The Morgan fingerprint density at radius 2 is 1.95 bits per heavy atom. The van der Waals surface area contributed by atoms with Crippen molar-refractivity contribution in [2.24, 2.45) is 0 Å². The molecule has 0 saturated heterocycles. The second-order valence-electron chi connectivity index (χ2n) is 4.87. The number of anilines is 1. The molecular weight excluding hydrogens is 240 g/mol. The zero-order valence-corrected chi connectivity index (χ0v) is 11.9. The van der Waals surface area contributed by atoms with Crippen LogP contribution in [-0.2, 0) is 0 Å². The molecule has 4 heteroatoms. The number of nitrogen functional groups attached to an aromatic ring is 1. The third-order valence-corrected chi connectivity index (χ3v) is 3.55. The zero-order chi connectivity index (χ0) is 14.3. The van der Waals surface area contributed by atoms with Crippen molar-refractivity contribution < 1.29 is 10.2 Å². The van der Waals surface area contributed by atoms with Crippen LogP contribution in [0.4, 0.5) is 5.69 Å². The van der Waals surface area contributed by atoms with Crippen molar-refractivity contribution in [3.05, 3.63) is 29.8 Å². The summed E-state index contributed by atoms with van der Waals surface area (Å²) >= 11 is 0. The Bertz CT molecular complexity index is 367. The van der Waals surface area contributed by atoms with Gasteiger partial charge in [-0.15, -0.1) is 0 Å². The summed E-state index contributed by atoms with van der Waals surface area (Å²) in [6, 6.07) is 7.73. The molecule has 4 nitrogen and oxygen atoms in total. The zero-order valence-electron chi connectivity index (χ0n) is 11.9. The SMILES string of the molecule is CCC(CC)N(CCO)CC(O)c1cccc(N)c1. The Hall–Kier alpha value is -1.10. The van der Waals surface area contributed by atoms with E-state index in [1.165, 1.54) is 0 Å². The summed E-state index contributed by atoms with van der Waals surface area (Å²) in [5.41, 5.74) is 7.22. The van der Waals surface area contributed by atoms with Crippen LogP contribution in [0.1, 0.15) is 38.4 Å². The van der Waals surface area contributed by atoms with Gasteiger partial charge in [0, 0.05) is 24.8 Å². The molecule has 0 aliphatic carbocycles. The van der Waals surface area contributed by atoms with Crippen LogP contribution in [0.25, 0.3) is 0 Å². The number of hydrogen-bond acceptors (Lipinski definition) is 4. The summed E-state index contributed by atoms with van der Waals surface area (Å²) in [5.74, 6) is 0. The lowest BCUT2D eigenvalue weighted by molar-refractivity contribution is 0.0699. The third-order valence-electron chi connectivity index (χ3n) is 3.55. The van der Waals surface area contributed by atoms with Gasteiger partial charge in [-0.1, -0.05) is 26.0 Å². The minimum atomic E-state index is -0.573. The number of benzene rings is 1. The smallest absolute Gasteiger partial charge is 0.0917 e. The molecule has 0 fully saturated rings. The molecule has 4 N–H and O–H groups in total. The second-order valence-corrected chi connectivity index (χ2v) is 4.87. The molecular formula is C15H26N2O2. The van der Waals surface area contributed by atoms with E-state index in [0.29, 0.717) is 24.8 Å². The summed E-state index contributed by atoms with van der Waals surface area (Å²) < 4.78 is 0. The molecule has 108 valence electrons. The molecule has 0 saturated carbocycles. The molecule has 0 spiro atoms. The minimum Gasteiger partial charge on any atom is -0.399 e. The van der Waals surface area contributed by atoms with Crippen LogP contribution in [0.5, 0.6) is 0 Å². The van der Waals surface area contributed by atoms with E-state index in [-0.39, 0.29) is 6.61 Å². The molecule has 1 unspecified atom stereocenters. The summed E-state index contributed by atoms with van der Waals surface area (Å²) in [4.78, 5) is 2.15. The van der Waals surface area contributed by atoms with Gasteiger partial charge in [-0.25, -0.2) is 0 Å². The molecule has 1 aromatic carbocycles. The van der Waals surface area contributed by atoms with Crippen LogP contribution >= 0.6 is 0 Å². The molecule has 0 heterocycles. The van der Waals surface area contributed by atoms with Gasteiger partial charge in [0.25, 0.3) is 0 Å². The molecule has 0 aliphatic rings. The van der Waals surface area contributed by atoms with E-state index in [0.717, 1.165) is 18.4 Å². The lowest BCUT2D eigenvalue weighted by atomic mass is 10.1. The lowest BCUT2D eigenvalue weighted by Gasteiger charge is -2.31. The Balaban J connectivity index is 2.72. The van der Waals surface area contributed by atoms with Crippen LogP contribution in [0, 0.1) is 0 Å². The largest absolute Gasteiger partial charge is 0.399 e. The van der Waals surface area contributed by atoms with Gasteiger partial charge in [0.05, 0.1) is 12.7 Å². The van der Waals surface area contributed by atoms with Gasteiger partial charge in [0.2, 0.25) is 0 Å². The van der Waals surface area contributed by atoms with Crippen molar-refractivity contribution in [3.63, 3.8) is 0 Å². The molecule has 0 radical (unpaired) electrons. The quantitative estimate of drug-likeness (QED) is 0.627. The summed E-state index contributed by atoms with van der Waals surface area (Å²) in [6.07, 6.45) is 1.45. The maximum atomic E-state index is 10.3. The highest BCUT2D eigenvalue weighted by Gasteiger charge is 2.19. The molecule has 1 atom stereocenters. The lowest BCUT2D eigenvalue weighted by Crippen LogP contribution is -2.39. The fourth-order valence-electron chi connectivity index (χ4n) is 2.45. The van der Waals surface area contributed by atoms with E-state index in [9.17, 15) is 5.11 Å². The standard InChI is InChI=1S/C15H26N2O2/c1-3-14(4-2)17(8-9-18)11-15(19)12-6-5-7-13(16)10-12/h5-7,10,14-15,18-19H,3-4,8-9,11,16H2,1-2H3. The van der Waals surface area contributed by atoms with E-state index in [1.54, 1.807) is 6.07 Å². The van der Waals surface area contributed by atoms with Gasteiger partial charge in [0.15, 0.2) is 0 Å². The molecule has 1 rings (SSSR count). The number of hydrogen-bond donors (Lipinski definition) is 3. The van der Waals surface area contributed by atoms with E-state index in [4.69, 9.17) is 10.8 Å². The van der Waals surface area contributed by atoms with Gasteiger partial charge in [-0.2, -0.15) is 0 Å². The predicted octanol–water partition coefficient (Wildman–Crippen LogP) is 1.79. The molecule has 0 amide bonds. The maximum Gasteiger partial charge on any atom is 0.0917 e. The van der Waals surface area contributed by atoms with Crippen LogP contribution in [-0.4, -0.2) is 40.9 Å². The number of aliphatic hydroxyl groups excluding tert-OH is 2.